The normalized spacial score (nSPS) is 33.2. The number of hydrogen-bond donors (Lipinski definition) is 1. The van der Waals surface area contributed by atoms with E-state index in [9.17, 15) is 0 Å². The summed E-state index contributed by atoms with van der Waals surface area (Å²) in [6, 6.07) is 0.690. The van der Waals surface area contributed by atoms with Gasteiger partial charge in [0.05, 0.1) is 12.7 Å². The van der Waals surface area contributed by atoms with Crippen LogP contribution < -0.4 is 5.73 Å². The topological polar surface area (TPSA) is 41.7 Å². The van der Waals surface area contributed by atoms with Crippen molar-refractivity contribution in [2.75, 3.05) is 45.9 Å². The molecule has 0 aromatic carbocycles. The molecule has 0 spiro atoms. The second kappa shape index (κ2) is 7.58. The summed E-state index contributed by atoms with van der Waals surface area (Å²) in [6.45, 7) is 11.8. The predicted octanol–water partition coefficient (Wildman–Crippen LogP) is 1.16. The first-order valence-electron chi connectivity index (χ1n) is 8.06. The lowest BCUT2D eigenvalue weighted by Gasteiger charge is -2.38. The minimum Gasteiger partial charge on any atom is -0.374 e. The number of morpholine rings is 1. The highest BCUT2D eigenvalue weighted by molar-refractivity contribution is 4.87. The molecule has 4 heteroatoms. The van der Waals surface area contributed by atoms with Crippen LogP contribution in [0.3, 0.4) is 0 Å². The first kappa shape index (κ1) is 15.2. The monoisotopic (exact) mass is 269 g/mol. The number of rotatable bonds is 6. The largest absolute Gasteiger partial charge is 0.374 e. The Morgan fingerprint density at radius 2 is 2.16 bits per heavy atom. The molecule has 1 aliphatic carbocycles. The van der Waals surface area contributed by atoms with E-state index in [-0.39, 0.29) is 0 Å². The van der Waals surface area contributed by atoms with E-state index in [0.29, 0.717) is 18.1 Å². The highest BCUT2D eigenvalue weighted by atomic mass is 16.5. The van der Waals surface area contributed by atoms with Gasteiger partial charge in [-0.05, 0) is 38.4 Å². The molecule has 2 N–H and O–H groups in total. The Balaban J connectivity index is 1.87. The Morgan fingerprint density at radius 3 is 2.84 bits per heavy atom. The van der Waals surface area contributed by atoms with E-state index in [2.05, 4.69) is 23.6 Å². The average Bonchev–Trinajstić information content (AvgIpc) is 2.93. The fraction of sp³-hybridized carbons (Fsp3) is 1.00. The number of nitrogens with two attached hydrogens (primary N) is 1. The van der Waals surface area contributed by atoms with Crippen LogP contribution in [0.5, 0.6) is 0 Å². The molecule has 1 saturated carbocycles. The third-order valence-electron chi connectivity index (χ3n) is 4.91. The quantitative estimate of drug-likeness (QED) is 0.785. The summed E-state index contributed by atoms with van der Waals surface area (Å²) in [6.07, 6.45) is 4.35. The van der Waals surface area contributed by atoms with E-state index in [4.69, 9.17) is 10.5 Å². The molecule has 3 unspecified atom stereocenters. The zero-order valence-corrected chi connectivity index (χ0v) is 12.7. The average molecular weight is 269 g/mol. The summed E-state index contributed by atoms with van der Waals surface area (Å²) < 4.78 is 5.96. The SMILES string of the molecule is CCN1CCOC(CN(CC)C2CCCC2CN)C1. The van der Waals surface area contributed by atoms with E-state index in [1.165, 1.54) is 19.3 Å². The van der Waals surface area contributed by atoms with Gasteiger partial charge >= 0.3 is 0 Å². The lowest BCUT2D eigenvalue weighted by atomic mass is 10.0. The smallest absolute Gasteiger partial charge is 0.0829 e. The van der Waals surface area contributed by atoms with Crippen LogP contribution in [0.25, 0.3) is 0 Å². The van der Waals surface area contributed by atoms with Gasteiger partial charge < -0.3 is 10.5 Å². The lowest BCUT2D eigenvalue weighted by molar-refractivity contribution is -0.0484. The van der Waals surface area contributed by atoms with E-state index in [1.54, 1.807) is 0 Å². The fourth-order valence-electron chi connectivity index (χ4n) is 3.71. The minimum atomic E-state index is 0.382. The molecule has 0 aromatic heterocycles. The van der Waals surface area contributed by atoms with Crippen LogP contribution in [0, 0.1) is 5.92 Å². The molecule has 1 aliphatic heterocycles. The van der Waals surface area contributed by atoms with E-state index < -0.39 is 0 Å². The molecule has 3 atom stereocenters. The van der Waals surface area contributed by atoms with Gasteiger partial charge in [0.25, 0.3) is 0 Å². The zero-order chi connectivity index (χ0) is 13.7. The van der Waals surface area contributed by atoms with Crippen LogP contribution >= 0.6 is 0 Å². The van der Waals surface area contributed by atoms with Gasteiger partial charge in [-0.3, -0.25) is 9.80 Å². The molecule has 112 valence electrons. The van der Waals surface area contributed by atoms with Gasteiger partial charge in [-0.1, -0.05) is 20.3 Å². The Hall–Kier alpha value is -0.160. The molecule has 1 heterocycles. The van der Waals surface area contributed by atoms with Crippen molar-refractivity contribution in [3.63, 3.8) is 0 Å². The summed E-state index contributed by atoms with van der Waals surface area (Å²) >= 11 is 0. The molecular formula is C15H31N3O. The molecule has 0 radical (unpaired) electrons. The van der Waals surface area contributed by atoms with Crippen LogP contribution in [0.1, 0.15) is 33.1 Å². The Labute approximate surface area is 118 Å². The third-order valence-corrected chi connectivity index (χ3v) is 4.91. The molecule has 0 aromatic rings. The van der Waals surface area contributed by atoms with Crippen LogP contribution in [-0.4, -0.2) is 67.8 Å². The summed E-state index contributed by atoms with van der Waals surface area (Å²) in [5, 5.41) is 0. The van der Waals surface area contributed by atoms with Crippen LogP contribution in [0.15, 0.2) is 0 Å². The third kappa shape index (κ3) is 3.91. The van der Waals surface area contributed by atoms with E-state index in [1.807, 2.05) is 0 Å². The van der Waals surface area contributed by atoms with Crippen LogP contribution in [0.4, 0.5) is 0 Å². The van der Waals surface area contributed by atoms with E-state index >= 15 is 0 Å². The summed E-state index contributed by atoms with van der Waals surface area (Å²) in [4.78, 5) is 5.12. The summed E-state index contributed by atoms with van der Waals surface area (Å²) in [5.41, 5.74) is 5.93. The van der Waals surface area contributed by atoms with Gasteiger partial charge in [0.15, 0.2) is 0 Å². The molecule has 1 saturated heterocycles. The van der Waals surface area contributed by atoms with Gasteiger partial charge in [-0.2, -0.15) is 0 Å². The molecule has 4 nitrogen and oxygen atoms in total. The second-order valence-corrected chi connectivity index (χ2v) is 5.97. The first-order chi connectivity index (χ1) is 9.28. The summed E-state index contributed by atoms with van der Waals surface area (Å²) in [5.74, 6) is 0.700. The lowest BCUT2D eigenvalue weighted by Crippen LogP contribution is -2.50. The maximum absolute atomic E-state index is 5.96. The minimum absolute atomic E-state index is 0.382. The van der Waals surface area contributed by atoms with Gasteiger partial charge in [0.2, 0.25) is 0 Å². The second-order valence-electron chi connectivity index (χ2n) is 5.97. The standard InChI is InChI=1S/C15H31N3O/c1-3-17-8-9-19-14(11-17)12-18(4-2)15-7-5-6-13(15)10-16/h13-15H,3-12,16H2,1-2H3. The number of ether oxygens (including phenoxy) is 1. The Kier molecular flexibility index (Phi) is 6.07. The van der Waals surface area contributed by atoms with Crippen molar-refractivity contribution in [1.82, 2.24) is 9.80 Å². The fourth-order valence-corrected chi connectivity index (χ4v) is 3.71. The van der Waals surface area contributed by atoms with Gasteiger partial charge in [-0.25, -0.2) is 0 Å². The van der Waals surface area contributed by atoms with Crippen molar-refractivity contribution in [2.45, 2.75) is 45.3 Å². The predicted molar refractivity (Wildman–Crippen MR) is 79.3 cm³/mol. The molecular weight excluding hydrogens is 238 g/mol. The first-order valence-corrected chi connectivity index (χ1v) is 8.06. The van der Waals surface area contributed by atoms with Crippen molar-refractivity contribution < 1.29 is 4.74 Å². The molecule has 19 heavy (non-hydrogen) atoms. The summed E-state index contributed by atoms with van der Waals surface area (Å²) in [7, 11) is 0. The molecule has 2 fully saturated rings. The Bertz CT molecular complexity index is 262. The highest BCUT2D eigenvalue weighted by Gasteiger charge is 2.32. The van der Waals surface area contributed by atoms with Crippen molar-refractivity contribution in [3.05, 3.63) is 0 Å². The van der Waals surface area contributed by atoms with Gasteiger partial charge in [0, 0.05) is 25.7 Å². The van der Waals surface area contributed by atoms with Crippen LogP contribution in [0.2, 0.25) is 0 Å². The maximum atomic E-state index is 5.96. The van der Waals surface area contributed by atoms with Crippen molar-refractivity contribution in [3.8, 4) is 0 Å². The van der Waals surface area contributed by atoms with Gasteiger partial charge in [-0.15, -0.1) is 0 Å². The number of hydrogen-bond acceptors (Lipinski definition) is 4. The van der Waals surface area contributed by atoms with Gasteiger partial charge in [0.1, 0.15) is 0 Å². The maximum Gasteiger partial charge on any atom is 0.0829 e. The van der Waals surface area contributed by atoms with Crippen molar-refractivity contribution in [1.29, 1.82) is 0 Å². The Morgan fingerprint density at radius 1 is 1.32 bits per heavy atom. The number of likely N-dealkylation sites (N-methyl/N-ethyl adjacent to an activating group) is 2. The van der Waals surface area contributed by atoms with E-state index in [0.717, 1.165) is 45.9 Å². The zero-order valence-electron chi connectivity index (χ0n) is 12.7. The molecule has 0 amide bonds. The highest BCUT2D eigenvalue weighted by Crippen LogP contribution is 2.29. The molecule has 2 aliphatic rings. The number of nitrogens with zero attached hydrogens (tertiary/aromatic N) is 2. The van der Waals surface area contributed by atoms with Crippen molar-refractivity contribution in [2.24, 2.45) is 11.7 Å². The molecule has 2 rings (SSSR count). The van der Waals surface area contributed by atoms with Crippen molar-refractivity contribution >= 4 is 0 Å². The van der Waals surface area contributed by atoms with Crippen LogP contribution in [-0.2, 0) is 4.74 Å². The molecule has 0 bridgehead atoms.